The van der Waals surface area contributed by atoms with Gasteiger partial charge in [-0.25, -0.2) is 0 Å². The predicted octanol–water partition coefficient (Wildman–Crippen LogP) is 5.78. The minimum Gasteiger partial charge on any atom is -0.355 e. The molecule has 3 aromatic rings. The minimum atomic E-state index is 0.0160. The van der Waals surface area contributed by atoms with Gasteiger partial charge in [0, 0.05) is 35.3 Å². The van der Waals surface area contributed by atoms with Crippen LogP contribution < -0.4 is 10.2 Å². The van der Waals surface area contributed by atoms with Crippen LogP contribution in [0.4, 0.5) is 11.5 Å². The number of hydrogen-bond donors (Lipinski definition) is 1. The molecule has 1 N–H and O–H groups in total. The molecule has 0 spiro atoms. The van der Waals surface area contributed by atoms with E-state index in [1.165, 1.54) is 5.56 Å². The van der Waals surface area contributed by atoms with E-state index < -0.39 is 0 Å². The maximum Gasteiger partial charge on any atom is 0.227 e. The van der Waals surface area contributed by atoms with Crippen molar-refractivity contribution < 1.29 is 4.79 Å². The summed E-state index contributed by atoms with van der Waals surface area (Å²) in [5.74, 6) is 1.45. The van der Waals surface area contributed by atoms with Crippen molar-refractivity contribution in [3.63, 3.8) is 0 Å². The summed E-state index contributed by atoms with van der Waals surface area (Å²) >= 11 is 5.95. The first-order valence-corrected chi connectivity index (χ1v) is 11.1. The molecule has 0 atom stereocenters. The molecule has 2 heterocycles. The van der Waals surface area contributed by atoms with E-state index in [2.05, 4.69) is 46.4 Å². The van der Waals surface area contributed by atoms with Crippen LogP contribution in [0, 0.1) is 5.92 Å². The van der Waals surface area contributed by atoms with Gasteiger partial charge in [0.1, 0.15) is 0 Å². The van der Waals surface area contributed by atoms with Crippen LogP contribution in [0.2, 0.25) is 5.02 Å². The number of aromatic nitrogens is 2. The molecule has 1 aliphatic heterocycles. The second-order valence-corrected chi connectivity index (χ2v) is 8.75. The van der Waals surface area contributed by atoms with Crippen LogP contribution in [0.3, 0.4) is 0 Å². The standard InChI is InChI=1S/C25H27ClN4O/c1-17(2)18-5-9-22(10-6-18)27-25(31)20-13-15-30(16-14-20)24-12-11-23(28-29-24)19-3-7-21(26)8-4-19/h3-12,17,20H,13-16H2,1-2H3,(H,27,31). The minimum absolute atomic E-state index is 0.0160. The summed E-state index contributed by atoms with van der Waals surface area (Å²) in [7, 11) is 0. The molecule has 0 saturated carbocycles. The molecular formula is C25H27ClN4O. The first kappa shape index (κ1) is 21.3. The van der Waals surface area contributed by atoms with Crippen molar-refractivity contribution in [3.05, 3.63) is 71.2 Å². The smallest absolute Gasteiger partial charge is 0.227 e. The topological polar surface area (TPSA) is 58.1 Å². The molecule has 1 aliphatic rings. The van der Waals surface area contributed by atoms with Crippen molar-refractivity contribution in [2.75, 3.05) is 23.3 Å². The predicted molar refractivity (Wildman–Crippen MR) is 127 cm³/mol. The van der Waals surface area contributed by atoms with Crippen LogP contribution in [-0.2, 0) is 4.79 Å². The van der Waals surface area contributed by atoms with Gasteiger partial charge in [0.2, 0.25) is 5.91 Å². The van der Waals surface area contributed by atoms with E-state index in [0.717, 1.165) is 48.7 Å². The molecule has 2 aromatic carbocycles. The number of piperidine rings is 1. The fourth-order valence-electron chi connectivity index (χ4n) is 3.83. The maximum absolute atomic E-state index is 12.7. The van der Waals surface area contributed by atoms with Gasteiger partial charge in [-0.1, -0.05) is 49.7 Å². The van der Waals surface area contributed by atoms with Crippen molar-refractivity contribution in [1.82, 2.24) is 10.2 Å². The molecule has 1 amide bonds. The summed E-state index contributed by atoms with van der Waals surface area (Å²) in [5, 5.41) is 12.5. The van der Waals surface area contributed by atoms with E-state index in [9.17, 15) is 4.79 Å². The number of anilines is 2. The molecule has 31 heavy (non-hydrogen) atoms. The highest BCUT2D eigenvalue weighted by atomic mass is 35.5. The zero-order valence-electron chi connectivity index (χ0n) is 17.9. The number of amides is 1. The largest absolute Gasteiger partial charge is 0.355 e. The molecular weight excluding hydrogens is 408 g/mol. The normalized spacial score (nSPS) is 14.6. The van der Waals surface area contributed by atoms with Crippen molar-refractivity contribution in [3.8, 4) is 11.3 Å². The Labute approximate surface area is 188 Å². The molecule has 1 saturated heterocycles. The average molecular weight is 435 g/mol. The van der Waals surface area contributed by atoms with Gasteiger partial charge in [-0.2, -0.15) is 0 Å². The van der Waals surface area contributed by atoms with Gasteiger partial charge in [-0.15, -0.1) is 10.2 Å². The number of nitrogens with zero attached hydrogens (tertiary/aromatic N) is 3. The van der Waals surface area contributed by atoms with E-state index in [4.69, 9.17) is 11.6 Å². The van der Waals surface area contributed by atoms with Gasteiger partial charge in [0.25, 0.3) is 0 Å². The van der Waals surface area contributed by atoms with Gasteiger partial charge in [0.15, 0.2) is 5.82 Å². The maximum atomic E-state index is 12.7. The van der Waals surface area contributed by atoms with E-state index in [0.29, 0.717) is 10.9 Å². The Morgan fingerprint density at radius 3 is 2.23 bits per heavy atom. The molecule has 160 valence electrons. The highest BCUT2D eigenvalue weighted by Gasteiger charge is 2.26. The van der Waals surface area contributed by atoms with Gasteiger partial charge in [0.05, 0.1) is 5.69 Å². The van der Waals surface area contributed by atoms with Gasteiger partial charge in [-0.05, 0) is 60.7 Å². The summed E-state index contributed by atoms with van der Waals surface area (Å²) in [6, 6.07) is 19.7. The lowest BCUT2D eigenvalue weighted by molar-refractivity contribution is -0.120. The second kappa shape index (κ2) is 9.48. The Hall–Kier alpha value is -2.92. The Morgan fingerprint density at radius 1 is 0.968 bits per heavy atom. The number of benzene rings is 2. The number of hydrogen-bond acceptors (Lipinski definition) is 4. The lowest BCUT2D eigenvalue weighted by atomic mass is 9.95. The monoisotopic (exact) mass is 434 g/mol. The van der Waals surface area contributed by atoms with Gasteiger partial charge < -0.3 is 10.2 Å². The number of rotatable bonds is 5. The lowest BCUT2D eigenvalue weighted by Crippen LogP contribution is -2.38. The van der Waals surface area contributed by atoms with Crippen LogP contribution >= 0.6 is 11.6 Å². The third-order valence-corrected chi connectivity index (χ3v) is 6.08. The van der Waals surface area contributed by atoms with E-state index in [1.54, 1.807) is 0 Å². The highest BCUT2D eigenvalue weighted by Crippen LogP contribution is 2.25. The zero-order valence-corrected chi connectivity index (χ0v) is 18.6. The Balaban J connectivity index is 1.31. The summed E-state index contributed by atoms with van der Waals surface area (Å²) in [4.78, 5) is 14.9. The molecule has 0 aliphatic carbocycles. The van der Waals surface area contributed by atoms with Crippen molar-refractivity contribution in [2.24, 2.45) is 5.92 Å². The molecule has 0 bridgehead atoms. The molecule has 1 aromatic heterocycles. The van der Waals surface area contributed by atoms with Crippen molar-refractivity contribution in [2.45, 2.75) is 32.6 Å². The van der Waals surface area contributed by atoms with E-state index in [1.807, 2.05) is 48.5 Å². The number of halogens is 1. The number of carbonyl (C=O) groups is 1. The molecule has 4 rings (SSSR count). The second-order valence-electron chi connectivity index (χ2n) is 8.31. The third-order valence-electron chi connectivity index (χ3n) is 5.83. The molecule has 0 radical (unpaired) electrons. The summed E-state index contributed by atoms with van der Waals surface area (Å²) in [5.41, 5.74) is 3.94. The van der Waals surface area contributed by atoms with E-state index in [-0.39, 0.29) is 11.8 Å². The Kier molecular flexibility index (Phi) is 6.52. The molecule has 6 heteroatoms. The van der Waals surface area contributed by atoms with Crippen LogP contribution in [0.5, 0.6) is 0 Å². The van der Waals surface area contributed by atoms with Crippen LogP contribution in [0.15, 0.2) is 60.7 Å². The van der Waals surface area contributed by atoms with Crippen LogP contribution in [0.1, 0.15) is 38.2 Å². The van der Waals surface area contributed by atoms with Crippen molar-refractivity contribution >= 4 is 29.0 Å². The Bertz CT molecular complexity index is 1010. The van der Waals surface area contributed by atoms with Gasteiger partial charge >= 0.3 is 0 Å². The third kappa shape index (κ3) is 5.23. The number of carbonyl (C=O) groups excluding carboxylic acids is 1. The van der Waals surface area contributed by atoms with Crippen LogP contribution in [0.25, 0.3) is 11.3 Å². The number of nitrogens with one attached hydrogen (secondary N) is 1. The van der Waals surface area contributed by atoms with Crippen molar-refractivity contribution in [1.29, 1.82) is 0 Å². The SMILES string of the molecule is CC(C)c1ccc(NC(=O)C2CCN(c3ccc(-c4ccc(Cl)cc4)nn3)CC2)cc1. The average Bonchev–Trinajstić information content (AvgIpc) is 2.80. The lowest BCUT2D eigenvalue weighted by Gasteiger charge is -2.31. The fourth-order valence-corrected chi connectivity index (χ4v) is 3.96. The summed E-state index contributed by atoms with van der Waals surface area (Å²) in [6.45, 7) is 5.91. The van der Waals surface area contributed by atoms with Crippen LogP contribution in [-0.4, -0.2) is 29.2 Å². The highest BCUT2D eigenvalue weighted by molar-refractivity contribution is 6.30. The zero-order chi connectivity index (χ0) is 21.8. The van der Waals surface area contributed by atoms with Gasteiger partial charge in [-0.3, -0.25) is 4.79 Å². The quantitative estimate of drug-likeness (QED) is 0.553. The molecule has 5 nitrogen and oxygen atoms in total. The molecule has 1 fully saturated rings. The van der Waals surface area contributed by atoms with E-state index >= 15 is 0 Å². The fraction of sp³-hybridized carbons (Fsp3) is 0.320. The molecule has 0 unspecified atom stereocenters. The Morgan fingerprint density at radius 2 is 1.65 bits per heavy atom. The summed E-state index contributed by atoms with van der Waals surface area (Å²) < 4.78 is 0. The summed E-state index contributed by atoms with van der Waals surface area (Å²) in [6.07, 6.45) is 1.60. The first-order chi connectivity index (χ1) is 15.0. The first-order valence-electron chi connectivity index (χ1n) is 10.7.